The lowest BCUT2D eigenvalue weighted by atomic mass is 10.2. The largest absolute Gasteiger partial charge is 0.478 e. The molecule has 0 fully saturated rings. The van der Waals surface area contributed by atoms with Gasteiger partial charge in [-0.15, -0.1) is 0 Å². The Morgan fingerprint density at radius 2 is 1.55 bits per heavy atom. The van der Waals surface area contributed by atoms with Gasteiger partial charge < -0.3 is 9.29 Å². The molecule has 0 aromatic heterocycles. The van der Waals surface area contributed by atoms with Crippen molar-refractivity contribution in [2.24, 2.45) is 0 Å². The van der Waals surface area contributed by atoms with Gasteiger partial charge in [-0.05, 0) is 43.3 Å². The van der Waals surface area contributed by atoms with Gasteiger partial charge in [0, 0.05) is 0 Å². The molecule has 2 rings (SSSR count). The van der Waals surface area contributed by atoms with Gasteiger partial charge in [0.2, 0.25) is 0 Å². The van der Waals surface area contributed by atoms with Crippen LogP contribution in [0.5, 0.6) is 5.75 Å². The predicted molar refractivity (Wildman–Crippen MR) is 72.4 cm³/mol. The van der Waals surface area contributed by atoms with E-state index < -0.39 is 16.1 Å². The van der Waals surface area contributed by atoms with Crippen LogP contribution in [0, 0.1) is 6.92 Å². The van der Waals surface area contributed by atoms with Crippen LogP contribution in [0.3, 0.4) is 0 Å². The summed E-state index contributed by atoms with van der Waals surface area (Å²) in [5.74, 6) is -1.02. The van der Waals surface area contributed by atoms with Crippen molar-refractivity contribution in [3.63, 3.8) is 0 Å². The Morgan fingerprint density at radius 3 is 2.05 bits per heavy atom. The number of aromatic carboxylic acids is 1. The fourth-order valence-electron chi connectivity index (χ4n) is 1.53. The quantitative estimate of drug-likeness (QED) is 0.875. The first-order chi connectivity index (χ1) is 9.38. The lowest BCUT2D eigenvalue weighted by Crippen LogP contribution is -2.09. The lowest BCUT2D eigenvalue weighted by Gasteiger charge is -2.07. The summed E-state index contributed by atoms with van der Waals surface area (Å²) in [5.41, 5.74) is 1.000. The second-order valence-electron chi connectivity index (χ2n) is 4.18. The monoisotopic (exact) mass is 292 g/mol. The minimum Gasteiger partial charge on any atom is -0.478 e. The van der Waals surface area contributed by atoms with Crippen LogP contribution in [-0.2, 0) is 10.1 Å². The minimum atomic E-state index is -3.91. The molecule has 0 atom stereocenters. The molecule has 20 heavy (non-hydrogen) atoms. The van der Waals surface area contributed by atoms with Crippen LogP contribution in [0.4, 0.5) is 0 Å². The summed E-state index contributed by atoms with van der Waals surface area (Å²) >= 11 is 0. The summed E-state index contributed by atoms with van der Waals surface area (Å²) in [5, 5.41) is 8.75. The normalized spacial score (nSPS) is 11.1. The van der Waals surface area contributed by atoms with E-state index >= 15 is 0 Å². The third kappa shape index (κ3) is 3.16. The zero-order valence-electron chi connectivity index (χ0n) is 10.6. The van der Waals surface area contributed by atoms with Crippen molar-refractivity contribution in [1.29, 1.82) is 0 Å². The van der Waals surface area contributed by atoms with Crippen molar-refractivity contribution in [2.75, 3.05) is 0 Å². The van der Waals surface area contributed by atoms with Gasteiger partial charge in [-0.2, -0.15) is 8.42 Å². The highest BCUT2D eigenvalue weighted by Gasteiger charge is 2.16. The predicted octanol–water partition coefficient (Wildman–Crippen LogP) is 2.46. The molecular formula is C14H12O5S. The van der Waals surface area contributed by atoms with Crippen LogP contribution in [0.2, 0.25) is 0 Å². The van der Waals surface area contributed by atoms with Crippen LogP contribution < -0.4 is 4.18 Å². The van der Waals surface area contributed by atoms with Crippen LogP contribution in [-0.4, -0.2) is 19.5 Å². The number of rotatable bonds is 4. The zero-order chi connectivity index (χ0) is 14.8. The average molecular weight is 292 g/mol. The molecule has 0 heterocycles. The van der Waals surface area contributed by atoms with E-state index in [1.807, 2.05) is 6.92 Å². The van der Waals surface area contributed by atoms with Gasteiger partial charge in [0.05, 0.1) is 5.56 Å². The Balaban J connectivity index is 2.24. The van der Waals surface area contributed by atoms with E-state index in [1.54, 1.807) is 12.1 Å². The van der Waals surface area contributed by atoms with E-state index in [0.29, 0.717) is 0 Å². The molecule has 0 radical (unpaired) electrons. The highest BCUT2D eigenvalue weighted by Crippen LogP contribution is 2.19. The number of carboxylic acids is 1. The smallest absolute Gasteiger partial charge is 0.339 e. The number of benzene rings is 2. The van der Waals surface area contributed by atoms with Crippen molar-refractivity contribution >= 4 is 16.1 Å². The van der Waals surface area contributed by atoms with E-state index in [9.17, 15) is 13.2 Å². The maximum atomic E-state index is 12.0. The minimum absolute atomic E-state index is 0.0467. The highest BCUT2D eigenvalue weighted by molar-refractivity contribution is 7.87. The highest BCUT2D eigenvalue weighted by atomic mass is 32.2. The van der Waals surface area contributed by atoms with Crippen LogP contribution >= 0.6 is 0 Å². The van der Waals surface area contributed by atoms with Crippen LogP contribution in [0.25, 0.3) is 0 Å². The van der Waals surface area contributed by atoms with E-state index in [0.717, 1.165) is 5.56 Å². The average Bonchev–Trinajstić information content (AvgIpc) is 2.39. The topological polar surface area (TPSA) is 80.7 Å². The SMILES string of the molecule is Cc1ccc(S(=O)(=O)Oc2ccc(C(=O)O)cc2)cc1. The first-order valence-corrected chi connectivity index (χ1v) is 7.14. The molecule has 0 bridgehead atoms. The summed E-state index contributed by atoms with van der Waals surface area (Å²) in [6.45, 7) is 1.85. The van der Waals surface area contributed by atoms with Crippen LogP contribution in [0.1, 0.15) is 15.9 Å². The summed E-state index contributed by atoms with van der Waals surface area (Å²) in [7, 11) is -3.91. The van der Waals surface area contributed by atoms with Crippen molar-refractivity contribution in [3.05, 3.63) is 59.7 Å². The van der Waals surface area contributed by atoms with E-state index in [1.165, 1.54) is 36.4 Å². The lowest BCUT2D eigenvalue weighted by molar-refractivity contribution is 0.0697. The Labute approximate surface area is 116 Å². The maximum Gasteiger partial charge on any atom is 0.339 e. The summed E-state index contributed by atoms with van der Waals surface area (Å²) in [6, 6.07) is 11.4. The number of hydrogen-bond acceptors (Lipinski definition) is 4. The Morgan fingerprint density at radius 1 is 1.00 bits per heavy atom. The molecule has 0 aliphatic heterocycles. The number of aryl methyl sites for hydroxylation is 1. The van der Waals surface area contributed by atoms with Gasteiger partial charge in [-0.1, -0.05) is 17.7 Å². The second-order valence-corrected chi connectivity index (χ2v) is 5.73. The Kier molecular flexibility index (Phi) is 3.76. The fraction of sp³-hybridized carbons (Fsp3) is 0.0714. The first-order valence-electron chi connectivity index (χ1n) is 5.73. The van der Waals surface area contributed by atoms with Crippen molar-refractivity contribution in [2.45, 2.75) is 11.8 Å². The third-order valence-electron chi connectivity index (χ3n) is 2.62. The molecular weight excluding hydrogens is 280 g/mol. The van der Waals surface area contributed by atoms with Gasteiger partial charge in [0.25, 0.3) is 0 Å². The molecule has 0 amide bonds. The van der Waals surface area contributed by atoms with Gasteiger partial charge in [0.1, 0.15) is 10.6 Å². The van der Waals surface area contributed by atoms with Crippen molar-refractivity contribution in [3.8, 4) is 5.75 Å². The van der Waals surface area contributed by atoms with Crippen LogP contribution in [0.15, 0.2) is 53.4 Å². The molecule has 1 N–H and O–H groups in total. The molecule has 6 heteroatoms. The summed E-state index contributed by atoms with van der Waals surface area (Å²) in [4.78, 5) is 10.7. The second kappa shape index (κ2) is 5.34. The maximum absolute atomic E-state index is 12.0. The van der Waals surface area contributed by atoms with Gasteiger partial charge in [-0.25, -0.2) is 4.79 Å². The molecule has 0 aliphatic carbocycles. The summed E-state index contributed by atoms with van der Waals surface area (Å²) in [6.07, 6.45) is 0. The Bertz CT molecular complexity index is 715. The van der Waals surface area contributed by atoms with E-state index in [4.69, 9.17) is 9.29 Å². The number of carbonyl (C=O) groups is 1. The molecule has 0 spiro atoms. The molecule has 0 aliphatic rings. The zero-order valence-corrected chi connectivity index (χ0v) is 11.4. The molecule has 104 valence electrons. The fourth-order valence-corrected chi connectivity index (χ4v) is 2.46. The van der Waals surface area contributed by atoms with Gasteiger partial charge in [-0.3, -0.25) is 0 Å². The van der Waals surface area contributed by atoms with Crippen molar-refractivity contribution in [1.82, 2.24) is 0 Å². The molecule has 0 unspecified atom stereocenters. The molecule has 2 aromatic carbocycles. The molecule has 0 saturated heterocycles. The molecule has 0 saturated carbocycles. The van der Waals surface area contributed by atoms with Crippen molar-refractivity contribution < 1.29 is 22.5 Å². The van der Waals surface area contributed by atoms with E-state index in [-0.39, 0.29) is 16.2 Å². The number of hydrogen-bond donors (Lipinski definition) is 1. The standard InChI is InChI=1S/C14H12O5S/c1-10-2-8-13(9-3-10)20(17,18)19-12-6-4-11(5-7-12)14(15)16/h2-9H,1H3,(H,15,16). The van der Waals surface area contributed by atoms with E-state index in [2.05, 4.69) is 0 Å². The van der Waals surface area contributed by atoms with Gasteiger partial charge in [0.15, 0.2) is 0 Å². The molecule has 2 aromatic rings. The molecule has 5 nitrogen and oxygen atoms in total. The third-order valence-corrected chi connectivity index (χ3v) is 3.88. The van der Waals surface area contributed by atoms with Gasteiger partial charge >= 0.3 is 16.1 Å². The first kappa shape index (κ1) is 14.1. The number of carboxylic acid groups (broad SMARTS) is 1. The summed E-state index contributed by atoms with van der Waals surface area (Å²) < 4.78 is 28.9. The Hall–Kier alpha value is -2.34.